The number of halogens is 1. The first-order chi connectivity index (χ1) is 9.60. The highest BCUT2D eigenvalue weighted by atomic mass is 35.5. The lowest BCUT2D eigenvalue weighted by molar-refractivity contribution is 0.301. The van der Waals surface area contributed by atoms with Gasteiger partial charge in [0, 0.05) is 12.4 Å². The van der Waals surface area contributed by atoms with Gasteiger partial charge in [0.15, 0.2) is 0 Å². The van der Waals surface area contributed by atoms with Gasteiger partial charge in [-0.05, 0) is 49.2 Å². The van der Waals surface area contributed by atoms with E-state index in [4.69, 9.17) is 16.3 Å². The number of hydrogen-bond acceptors (Lipinski definition) is 2. The van der Waals surface area contributed by atoms with Gasteiger partial charge in [-0.15, -0.1) is 0 Å². The highest BCUT2D eigenvalue weighted by Crippen LogP contribution is 2.18. The normalized spacial score (nSPS) is 10.9. The number of benzene rings is 1. The number of ether oxygens (including phenoxy) is 1. The van der Waals surface area contributed by atoms with Gasteiger partial charge in [0.2, 0.25) is 0 Å². The van der Waals surface area contributed by atoms with Crippen LogP contribution >= 0.6 is 11.6 Å². The number of aromatic nitrogens is 2. The summed E-state index contributed by atoms with van der Waals surface area (Å²) >= 11 is 5.96. The molecule has 0 aliphatic heterocycles. The molecule has 102 valence electrons. The Labute approximate surface area is 122 Å². The lowest BCUT2D eigenvalue weighted by atomic mass is 10.1. The van der Waals surface area contributed by atoms with E-state index < -0.39 is 0 Å². The van der Waals surface area contributed by atoms with E-state index >= 15 is 0 Å². The Morgan fingerprint density at radius 2 is 1.85 bits per heavy atom. The number of imidazole rings is 1. The fourth-order valence-electron chi connectivity index (χ4n) is 2.26. The summed E-state index contributed by atoms with van der Waals surface area (Å²) in [5.41, 5.74) is 4.14. The molecule has 4 heteroatoms. The van der Waals surface area contributed by atoms with Crippen LogP contribution in [0.1, 0.15) is 16.8 Å². The largest absolute Gasteiger partial charge is 0.487 e. The quantitative estimate of drug-likeness (QED) is 0.722. The van der Waals surface area contributed by atoms with E-state index in [1.54, 1.807) is 0 Å². The zero-order chi connectivity index (χ0) is 14.1. The number of rotatable bonds is 3. The SMILES string of the molecule is Cc1cc(C)cc(OCc2cn3cc(Cl)ccc3n2)c1. The van der Waals surface area contributed by atoms with Gasteiger partial charge in [-0.1, -0.05) is 17.7 Å². The number of pyridine rings is 1. The molecular formula is C16H15ClN2O. The monoisotopic (exact) mass is 286 g/mol. The van der Waals surface area contributed by atoms with Gasteiger partial charge < -0.3 is 9.14 Å². The highest BCUT2D eigenvalue weighted by Gasteiger charge is 2.04. The molecule has 3 rings (SSSR count). The summed E-state index contributed by atoms with van der Waals surface area (Å²) in [6.07, 6.45) is 3.77. The second-order valence-corrected chi connectivity index (χ2v) is 5.39. The van der Waals surface area contributed by atoms with Crippen LogP contribution in [0.4, 0.5) is 0 Å². The molecule has 0 unspecified atom stereocenters. The molecule has 0 atom stereocenters. The first kappa shape index (κ1) is 13.0. The Balaban J connectivity index is 1.79. The third kappa shape index (κ3) is 2.78. The van der Waals surface area contributed by atoms with Crippen molar-refractivity contribution in [1.82, 2.24) is 9.38 Å². The number of aryl methyl sites for hydroxylation is 2. The molecule has 0 radical (unpaired) electrons. The van der Waals surface area contributed by atoms with Crippen molar-refractivity contribution in [1.29, 1.82) is 0 Å². The molecule has 0 aliphatic rings. The van der Waals surface area contributed by atoms with Gasteiger partial charge in [0.05, 0.1) is 10.7 Å². The van der Waals surface area contributed by atoms with Crippen molar-refractivity contribution in [3.8, 4) is 5.75 Å². The second kappa shape index (κ2) is 5.17. The summed E-state index contributed by atoms with van der Waals surface area (Å²) in [5.74, 6) is 0.873. The zero-order valence-corrected chi connectivity index (χ0v) is 12.2. The smallest absolute Gasteiger partial charge is 0.137 e. The van der Waals surface area contributed by atoms with Gasteiger partial charge in [-0.2, -0.15) is 0 Å². The van der Waals surface area contributed by atoms with Crippen molar-refractivity contribution >= 4 is 17.2 Å². The lowest BCUT2D eigenvalue weighted by Crippen LogP contribution is -1.96. The molecule has 20 heavy (non-hydrogen) atoms. The molecule has 0 spiro atoms. The van der Waals surface area contributed by atoms with E-state index in [1.165, 1.54) is 11.1 Å². The number of hydrogen-bond donors (Lipinski definition) is 0. The van der Waals surface area contributed by atoms with Crippen LogP contribution in [-0.4, -0.2) is 9.38 Å². The van der Waals surface area contributed by atoms with Crippen LogP contribution in [0.5, 0.6) is 5.75 Å². The van der Waals surface area contributed by atoms with Crippen LogP contribution in [0.2, 0.25) is 5.02 Å². The predicted octanol–water partition coefficient (Wildman–Crippen LogP) is 4.18. The summed E-state index contributed by atoms with van der Waals surface area (Å²) < 4.78 is 7.71. The van der Waals surface area contributed by atoms with Crippen molar-refractivity contribution in [2.24, 2.45) is 0 Å². The number of fused-ring (bicyclic) bond motifs is 1. The second-order valence-electron chi connectivity index (χ2n) is 4.96. The maximum atomic E-state index is 5.96. The summed E-state index contributed by atoms with van der Waals surface area (Å²) in [5, 5.41) is 0.691. The van der Waals surface area contributed by atoms with Crippen molar-refractivity contribution < 1.29 is 4.74 Å². The van der Waals surface area contributed by atoms with E-state index in [0.29, 0.717) is 11.6 Å². The molecule has 0 saturated heterocycles. The molecule has 0 N–H and O–H groups in total. The number of nitrogens with zero attached hydrogens (tertiary/aromatic N) is 2. The summed E-state index contributed by atoms with van der Waals surface area (Å²) in [4.78, 5) is 4.49. The molecule has 2 aromatic heterocycles. The molecule has 3 aromatic rings. The van der Waals surface area contributed by atoms with E-state index in [1.807, 2.05) is 41.1 Å². The van der Waals surface area contributed by atoms with Crippen molar-refractivity contribution in [3.63, 3.8) is 0 Å². The van der Waals surface area contributed by atoms with Crippen LogP contribution in [0.15, 0.2) is 42.7 Å². The van der Waals surface area contributed by atoms with Crippen molar-refractivity contribution in [2.75, 3.05) is 0 Å². The summed E-state index contributed by atoms with van der Waals surface area (Å²) in [7, 11) is 0. The molecular weight excluding hydrogens is 272 g/mol. The molecule has 1 aromatic carbocycles. The van der Waals surface area contributed by atoms with Gasteiger partial charge in [0.25, 0.3) is 0 Å². The highest BCUT2D eigenvalue weighted by molar-refractivity contribution is 6.30. The minimum absolute atomic E-state index is 0.447. The Bertz CT molecular complexity index is 744. The first-order valence-electron chi connectivity index (χ1n) is 6.44. The van der Waals surface area contributed by atoms with Crippen LogP contribution in [0, 0.1) is 13.8 Å². The van der Waals surface area contributed by atoms with Gasteiger partial charge in [0.1, 0.15) is 18.0 Å². The summed E-state index contributed by atoms with van der Waals surface area (Å²) in [6, 6.07) is 9.90. The third-order valence-electron chi connectivity index (χ3n) is 3.05. The fraction of sp³-hybridized carbons (Fsp3) is 0.188. The Morgan fingerprint density at radius 1 is 1.10 bits per heavy atom. The van der Waals surface area contributed by atoms with Gasteiger partial charge >= 0.3 is 0 Å². The minimum Gasteiger partial charge on any atom is -0.487 e. The van der Waals surface area contributed by atoms with E-state index in [9.17, 15) is 0 Å². The molecule has 0 aliphatic carbocycles. The maximum Gasteiger partial charge on any atom is 0.137 e. The van der Waals surface area contributed by atoms with Crippen molar-refractivity contribution in [3.05, 3.63) is 64.6 Å². The predicted molar refractivity (Wildman–Crippen MR) is 80.5 cm³/mol. The standard InChI is InChI=1S/C16H15ClN2O/c1-11-5-12(2)7-15(6-11)20-10-14-9-19-8-13(17)3-4-16(19)18-14/h3-9H,10H2,1-2H3. The summed E-state index contributed by atoms with van der Waals surface area (Å²) in [6.45, 7) is 4.57. The fourth-order valence-corrected chi connectivity index (χ4v) is 2.43. The van der Waals surface area contributed by atoms with Gasteiger partial charge in [-0.3, -0.25) is 0 Å². The first-order valence-corrected chi connectivity index (χ1v) is 6.82. The van der Waals surface area contributed by atoms with E-state index in [0.717, 1.165) is 17.1 Å². The van der Waals surface area contributed by atoms with E-state index in [2.05, 4.69) is 24.9 Å². The van der Waals surface area contributed by atoms with Crippen LogP contribution < -0.4 is 4.74 Å². The van der Waals surface area contributed by atoms with Gasteiger partial charge in [-0.25, -0.2) is 4.98 Å². The van der Waals surface area contributed by atoms with Crippen LogP contribution in [0.25, 0.3) is 5.65 Å². The van der Waals surface area contributed by atoms with Crippen molar-refractivity contribution in [2.45, 2.75) is 20.5 Å². The molecule has 3 nitrogen and oxygen atoms in total. The average molecular weight is 287 g/mol. The Morgan fingerprint density at radius 3 is 2.60 bits per heavy atom. The molecule has 0 bridgehead atoms. The Hall–Kier alpha value is -2.00. The maximum absolute atomic E-state index is 5.96. The zero-order valence-electron chi connectivity index (χ0n) is 11.4. The molecule has 0 amide bonds. The van der Waals surface area contributed by atoms with E-state index in [-0.39, 0.29) is 0 Å². The van der Waals surface area contributed by atoms with Crippen LogP contribution in [-0.2, 0) is 6.61 Å². The van der Waals surface area contributed by atoms with Crippen LogP contribution in [0.3, 0.4) is 0 Å². The topological polar surface area (TPSA) is 26.5 Å². The average Bonchev–Trinajstić information content (AvgIpc) is 2.77. The molecule has 0 fully saturated rings. The third-order valence-corrected chi connectivity index (χ3v) is 3.27. The molecule has 2 heterocycles. The lowest BCUT2D eigenvalue weighted by Gasteiger charge is -2.06. The molecule has 0 saturated carbocycles. The minimum atomic E-state index is 0.447. The Kier molecular flexibility index (Phi) is 3.36.